The normalized spacial score (nSPS) is 17.1. The van der Waals surface area contributed by atoms with Crippen molar-refractivity contribution >= 4 is 5.91 Å². The summed E-state index contributed by atoms with van der Waals surface area (Å²) in [4.78, 5) is 21.7. The molecule has 1 amide bonds. The molecule has 1 aliphatic rings. The second-order valence-corrected chi connectivity index (χ2v) is 8.52. The summed E-state index contributed by atoms with van der Waals surface area (Å²) in [6, 6.07) is 6.85. The summed E-state index contributed by atoms with van der Waals surface area (Å²) in [6.07, 6.45) is -2.41. The van der Waals surface area contributed by atoms with Crippen molar-refractivity contribution < 1.29 is 18.0 Å². The van der Waals surface area contributed by atoms with Gasteiger partial charge in [-0.3, -0.25) is 4.79 Å². The number of benzene rings is 1. The third-order valence-electron chi connectivity index (χ3n) is 5.50. The number of aryl methyl sites for hydroxylation is 1. The molecule has 0 spiro atoms. The van der Waals surface area contributed by atoms with Gasteiger partial charge in [-0.05, 0) is 45.7 Å². The van der Waals surface area contributed by atoms with Gasteiger partial charge < -0.3 is 15.2 Å². The van der Waals surface area contributed by atoms with Crippen LogP contribution in [0.4, 0.5) is 13.2 Å². The third-order valence-corrected chi connectivity index (χ3v) is 5.50. The number of likely N-dealkylation sites (tertiary alicyclic amines) is 1. The zero-order valence-corrected chi connectivity index (χ0v) is 17.8. The molecule has 9 heteroatoms. The molecule has 0 unspecified atom stereocenters. The molecule has 0 radical (unpaired) electrons. The van der Waals surface area contributed by atoms with E-state index in [2.05, 4.69) is 21.4 Å². The Morgan fingerprint density at radius 3 is 2.81 bits per heavy atom. The van der Waals surface area contributed by atoms with Crippen molar-refractivity contribution in [1.29, 1.82) is 5.26 Å². The first-order valence-electron chi connectivity index (χ1n) is 10.2. The maximum absolute atomic E-state index is 13.0. The molecule has 0 aliphatic carbocycles. The monoisotopic (exact) mass is 433 g/mol. The lowest BCUT2D eigenvalue weighted by Gasteiger charge is -2.28. The summed E-state index contributed by atoms with van der Waals surface area (Å²) in [6.45, 7) is 6.39. The molecule has 31 heavy (non-hydrogen) atoms. The summed E-state index contributed by atoms with van der Waals surface area (Å²) in [5.41, 5.74) is 0.634. The van der Waals surface area contributed by atoms with Gasteiger partial charge in [-0.15, -0.1) is 0 Å². The van der Waals surface area contributed by atoms with Crippen LogP contribution >= 0.6 is 0 Å². The maximum atomic E-state index is 13.0. The van der Waals surface area contributed by atoms with Gasteiger partial charge in [0.15, 0.2) is 0 Å². The van der Waals surface area contributed by atoms with Crippen molar-refractivity contribution in [2.75, 3.05) is 13.1 Å². The van der Waals surface area contributed by atoms with E-state index < -0.39 is 17.3 Å². The van der Waals surface area contributed by atoms with Crippen LogP contribution in [0, 0.1) is 18.3 Å². The summed E-state index contributed by atoms with van der Waals surface area (Å²) in [7, 11) is 0. The van der Waals surface area contributed by atoms with Crippen molar-refractivity contribution in [2.24, 2.45) is 0 Å². The van der Waals surface area contributed by atoms with E-state index in [9.17, 15) is 18.0 Å². The van der Waals surface area contributed by atoms with E-state index in [0.29, 0.717) is 36.5 Å². The first kappa shape index (κ1) is 22.8. The van der Waals surface area contributed by atoms with Crippen molar-refractivity contribution in [1.82, 2.24) is 20.2 Å². The minimum atomic E-state index is -4.42. The van der Waals surface area contributed by atoms with Crippen LogP contribution in [0.15, 0.2) is 24.3 Å². The van der Waals surface area contributed by atoms with Crippen LogP contribution in [0.25, 0.3) is 11.4 Å². The molecular weight excluding hydrogens is 407 g/mol. The lowest BCUT2D eigenvalue weighted by Crippen LogP contribution is -2.48. The molecule has 0 bridgehead atoms. The molecule has 6 nitrogen and oxygen atoms in total. The number of aromatic amines is 1. The zero-order valence-electron chi connectivity index (χ0n) is 17.8. The molecule has 1 saturated heterocycles. The molecule has 2 heterocycles. The van der Waals surface area contributed by atoms with Crippen LogP contribution in [0.2, 0.25) is 0 Å². The topological polar surface area (TPSA) is 84.8 Å². The van der Waals surface area contributed by atoms with Crippen LogP contribution in [0.5, 0.6) is 0 Å². The molecule has 2 N–H and O–H groups in total. The Balaban J connectivity index is 1.68. The molecule has 1 atom stereocenters. The first-order chi connectivity index (χ1) is 14.5. The number of amides is 1. The van der Waals surface area contributed by atoms with E-state index in [1.807, 2.05) is 20.8 Å². The fourth-order valence-electron chi connectivity index (χ4n) is 3.75. The largest absolute Gasteiger partial charge is 0.416 e. The number of carbonyl (C=O) groups is 1. The van der Waals surface area contributed by atoms with Gasteiger partial charge in [-0.2, -0.15) is 18.4 Å². The molecule has 3 rings (SSSR count). The summed E-state index contributed by atoms with van der Waals surface area (Å²) < 4.78 is 39.0. The maximum Gasteiger partial charge on any atom is 0.416 e. The second kappa shape index (κ2) is 8.71. The van der Waals surface area contributed by atoms with Crippen molar-refractivity contribution in [3.05, 3.63) is 41.2 Å². The summed E-state index contributed by atoms with van der Waals surface area (Å²) >= 11 is 0. The van der Waals surface area contributed by atoms with Gasteiger partial charge in [-0.25, -0.2) is 4.98 Å². The fraction of sp³-hybridized carbons (Fsp3) is 0.500. The molecular formula is C22H26F3N5O. The van der Waals surface area contributed by atoms with E-state index in [-0.39, 0.29) is 18.5 Å². The first-order valence-corrected chi connectivity index (χ1v) is 10.2. The second-order valence-electron chi connectivity index (χ2n) is 8.52. The number of nitrogens with zero attached hydrogens (tertiary/aromatic N) is 3. The predicted molar refractivity (Wildman–Crippen MR) is 110 cm³/mol. The quantitative estimate of drug-likeness (QED) is 0.725. The fourth-order valence-corrected chi connectivity index (χ4v) is 3.75. The lowest BCUT2D eigenvalue weighted by molar-refractivity contribution is -0.137. The van der Waals surface area contributed by atoms with Crippen LogP contribution < -0.4 is 5.32 Å². The molecule has 1 aromatic heterocycles. The van der Waals surface area contributed by atoms with Gasteiger partial charge in [0.2, 0.25) is 5.91 Å². The average Bonchev–Trinajstić information content (AvgIpc) is 3.32. The van der Waals surface area contributed by atoms with Crippen molar-refractivity contribution in [3.8, 4) is 17.5 Å². The molecule has 1 aromatic carbocycles. The summed E-state index contributed by atoms with van der Waals surface area (Å²) in [5, 5.41) is 12.4. The number of nitriles is 1. The van der Waals surface area contributed by atoms with E-state index in [1.54, 1.807) is 11.0 Å². The van der Waals surface area contributed by atoms with E-state index in [1.165, 1.54) is 6.07 Å². The Labute approximate surface area is 179 Å². The minimum absolute atomic E-state index is 0.106. The highest BCUT2D eigenvalue weighted by atomic mass is 19.4. The number of H-pyrrole nitrogens is 1. The number of carbonyl (C=O) groups excluding carboxylic acids is 1. The minimum Gasteiger partial charge on any atom is -0.342 e. The van der Waals surface area contributed by atoms with Crippen LogP contribution in [0.3, 0.4) is 0 Å². The number of hydrogen-bond donors (Lipinski definition) is 2. The lowest BCUT2D eigenvalue weighted by atomic mass is 9.97. The van der Waals surface area contributed by atoms with Gasteiger partial charge in [0.25, 0.3) is 0 Å². The molecule has 166 valence electrons. The number of alkyl halides is 3. The van der Waals surface area contributed by atoms with Gasteiger partial charge in [0.05, 0.1) is 23.9 Å². The zero-order chi connectivity index (χ0) is 22.8. The Morgan fingerprint density at radius 1 is 1.39 bits per heavy atom. The Hall–Kier alpha value is -2.86. The van der Waals surface area contributed by atoms with Crippen LogP contribution in [0.1, 0.15) is 43.6 Å². The Morgan fingerprint density at radius 2 is 2.13 bits per heavy atom. The van der Waals surface area contributed by atoms with Crippen molar-refractivity contribution in [3.63, 3.8) is 0 Å². The standard InChI is InChI=1S/C22H26F3N5O/c1-14-18(29-20(28-14)15-6-4-7-16(10-15)22(23,24)25)11-21(2,3)27-13-19(31)30-9-5-8-17(30)12-26/h4,6-7,10,17,27H,5,8-9,11,13H2,1-3H3,(H,28,29)/t17-/m0/s1. The van der Waals surface area contributed by atoms with Gasteiger partial charge in [0, 0.05) is 29.8 Å². The highest BCUT2D eigenvalue weighted by Gasteiger charge is 2.31. The molecule has 1 fully saturated rings. The molecule has 2 aromatic rings. The average molecular weight is 433 g/mol. The van der Waals surface area contributed by atoms with E-state index in [4.69, 9.17) is 5.26 Å². The van der Waals surface area contributed by atoms with Gasteiger partial charge in [-0.1, -0.05) is 12.1 Å². The number of halogens is 3. The smallest absolute Gasteiger partial charge is 0.342 e. The van der Waals surface area contributed by atoms with Crippen LogP contribution in [-0.2, 0) is 17.4 Å². The van der Waals surface area contributed by atoms with E-state index in [0.717, 1.165) is 24.2 Å². The highest BCUT2D eigenvalue weighted by Crippen LogP contribution is 2.32. The SMILES string of the molecule is Cc1[nH]c(-c2cccc(C(F)(F)F)c2)nc1CC(C)(C)NCC(=O)N1CCC[C@H]1C#N. The molecule has 0 saturated carbocycles. The number of hydrogen-bond acceptors (Lipinski definition) is 4. The van der Waals surface area contributed by atoms with Gasteiger partial charge >= 0.3 is 6.18 Å². The van der Waals surface area contributed by atoms with Gasteiger partial charge in [0.1, 0.15) is 11.9 Å². The van der Waals surface area contributed by atoms with E-state index >= 15 is 0 Å². The Kier molecular flexibility index (Phi) is 6.41. The van der Waals surface area contributed by atoms with Crippen LogP contribution in [-0.4, -0.2) is 45.4 Å². The predicted octanol–water partition coefficient (Wildman–Crippen LogP) is 3.83. The number of aromatic nitrogens is 2. The highest BCUT2D eigenvalue weighted by molar-refractivity contribution is 5.79. The number of rotatable bonds is 6. The summed E-state index contributed by atoms with van der Waals surface area (Å²) in [5.74, 6) is 0.264. The molecule has 1 aliphatic heterocycles. The number of imidazole rings is 1. The van der Waals surface area contributed by atoms with Crippen molar-refractivity contribution in [2.45, 2.75) is 57.8 Å². The third kappa shape index (κ3) is 5.44. The number of nitrogens with one attached hydrogen (secondary N) is 2. The Bertz CT molecular complexity index is 990.